The monoisotopic (exact) mass is 393 g/mol. The average molecular weight is 394 g/mol. The van der Waals surface area contributed by atoms with Gasteiger partial charge in [-0.25, -0.2) is 4.98 Å². The van der Waals surface area contributed by atoms with Crippen molar-refractivity contribution in [2.45, 2.75) is 50.7 Å². The summed E-state index contributed by atoms with van der Waals surface area (Å²) in [5.74, 6) is 0.775. The van der Waals surface area contributed by atoms with Gasteiger partial charge in [0.1, 0.15) is 5.75 Å². The van der Waals surface area contributed by atoms with Crippen molar-refractivity contribution >= 4 is 35.0 Å². The molecule has 0 saturated heterocycles. The molecule has 1 amide bonds. The van der Waals surface area contributed by atoms with Crippen molar-refractivity contribution in [3.05, 3.63) is 34.6 Å². The molecule has 0 radical (unpaired) electrons. The van der Waals surface area contributed by atoms with Crippen LogP contribution in [0, 0.1) is 13.8 Å². The van der Waals surface area contributed by atoms with E-state index in [-0.39, 0.29) is 11.7 Å². The van der Waals surface area contributed by atoms with E-state index in [2.05, 4.69) is 21.8 Å². The predicted molar refractivity (Wildman–Crippen MR) is 107 cm³/mol. The second-order valence-corrected chi connectivity index (χ2v) is 7.93. The van der Waals surface area contributed by atoms with Crippen molar-refractivity contribution < 1.29 is 9.53 Å². The Kier molecular flexibility index (Phi) is 6.14. The Morgan fingerprint density at radius 1 is 1.38 bits per heavy atom. The Bertz CT molecular complexity index is 800. The molecule has 26 heavy (non-hydrogen) atoms. The SMILES string of the molecule is COc1ccc(Cl)cc1NC(=O)CSc1nc(C)c(C)n1C1CCCC1. The molecule has 0 aliphatic heterocycles. The number of aromatic nitrogens is 2. The van der Waals surface area contributed by atoms with E-state index < -0.39 is 0 Å². The molecule has 0 bridgehead atoms. The fraction of sp³-hybridized carbons (Fsp3) is 0.474. The zero-order chi connectivity index (χ0) is 18.7. The van der Waals surface area contributed by atoms with Gasteiger partial charge in [-0.2, -0.15) is 0 Å². The number of benzene rings is 1. The minimum atomic E-state index is -0.105. The number of rotatable bonds is 6. The molecular formula is C19H24ClN3O2S. The second kappa shape index (κ2) is 8.35. The number of carbonyl (C=O) groups excluding carboxylic acids is 1. The highest BCUT2D eigenvalue weighted by Crippen LogP contribution is 2.35. The molecule has 1 saturated carbocycles. The minimum absolute atomic E-state index is 0.105. The highest BCUT2D eigenvalue weighted by molar-refractivity contribution is 7.99. The summed E-state index contributed by atoms with van der Waals surface area (Å²) in [6.45, 7) is 4.14. The number of thioether (sulfide) groups is 1. The molecule has 0 unspecified atom stereocenters. The van der Waals surface area contributed by atoms with E-state index in [4.69, 9.17) is 16.3 Å². The normalized spacial score (nSPS) is 14.6. The van der Waals surface area contributed by atoms with Gasteiger partial charge in [0.15, 0.2) is 5.16 Å². The summed E-state index contributed by atoms with van der Waals surface area (Å²) in [6.07, 6.45) is 4.91. The van der Waals surface area contributed by atoms with Crippen molar-refractivity contribution in [1.82, 2.24) is 9.55 Å². The molecule has 2 aromatic rings. The van der Waals surface area contributed by atoms with Gasteiger partial charge in [0.25, 0.3) is 0 Å². The van der Waals surface area contributed by atoms with E-state index in [9.17, 15) is 4.79 Å². The maximum atomic E-state index is 12.4. The van der Waals surface area contributed by atoms with Crippen LogP contribution in [0.5, 0.6) is 5.75 Å². The molecule has 1 heterocycles. The first-order valence-electron chi connectivity index (χ1n) is 8.81. The first kappa shape index (κ1) is 19.1. The number of hydrogen-bond donors (Lipinski definition) is 1. The van der Waals surface area contributed by atoms with Crippen molar-refractivity contribution in [2.24, 2.45) is 0 Å². The van der Waals surface area contributed by atoms with Gasteiger partial charge in [0.05, 0.1) is 24.2 Å². The average Bonchev–Trinajstić information content (AvgIpc) is 3.22. The van der Waals surface area contributed by atoms with Crippen LogP contribution in [0.1, 0.15) is 43.1 Å². The number of hydrogen-bond acceptors (Lipinski definition) is 4. The summed E-state index contributed by atoms with van der Waals surface area (Å²) in [5.41, 5.74) is 2.82. The van der Waals surface area contributed by atoms with E-state index in [1.165, 1.54) is 43.1 Å². The lowest BCUT2D eigenvalue weighted by molar-refractivity contribution is -0.113. The highest BCUT2D eigenvalue weighted by atomic mass is 35.5. The molecular weight excluding hydrogens is 370 g/mol. The van der Waals surface area contributed by atoms with Crippen LogP contribution in [0.4, 0.5) is 5.69 Å². The summed E-state index contributed by atoms with van der Waals surface area (Å²) in [6, 6.07) is 5.67. The van der Waals surface area contributed by atoms with Gasteiger partial charge >= 0.3 is 0 Å². The third-order valence-electron chi connectivity index (χ3n) is 4.81. The molecule has 1 aliphatic carbocycles. The number of methoxy groups -OCH3 is 1. The van der Waals surface area contributed by atoms with Crippen LogP contribution in [0.2, 0.25) is 5.02 Å². The second-order valence-electron chi connectivity index (χ2n) is 6.55. The van der Waals surface area contributed by atoms with E-state index in [1.807, 2.05) is 6.92 Å². The molecule has 1 aromatic heterocycles. The molecule has 1 N–H and O–H groups in total. The number of amides is 1. The largest absolute Gasteiger partial charge is 0.495 e. The Morgan fingerprint density at radius 2 is 2.12 bits per heavy atom. The van der Waals surface area contributed by atoms with Crippen molar-refractivity contribution in [3.63, 3.8) is 0 Å². The molecule has 1 fully saturated rings. The van der Waals surface area contributed by atoms with E-state index in [0.717, 1.165) is 10.9 Å². The number of nitrogens with zero attached hydrogens (tertiary/aromatic N) is 2. The molecule has 140 valence electrons. The van der Waals surface area contributed by atoms with E-state index >= 15 is 0 Å². The zero-order valence-electron chi connectivity index (χ0n) is 15.3. The zero-order valence-corrected chi connectivity index (χ0v) is 16.9. The Balaban J connectivity index is 1.69. The molecule has 0 spiro atoms. The number of imidazole rings is 1. The van der Waals surface area contributed by atoms with Gasteiger partial charge in [-0.3, -0.25) is 4.79 Å². The third kappa shape index (κ3) is 4.18. The van der Waals surface area contributed by atoms with Crippen LogP contribution in [-0.2, 0) is 4.79 Å². The molecule has 3 rings (SSSR count). The smallest absolute Gasteiger partial charge is 0.234 e. The summed E-state index contributed by atoms with van der Waals surface area (Å²) in [7, 11) is 1.57. The van der Waals surface area contributed by atoms with Crippen LogP contribution in [0.3, 0.4) is 0 Å². The summed E-state index contributed by atoms with van der Waals surface area (Å²) < 4.78 is 7.59. The lowest BCUT2D eigenvalue weighted by atomic mass is 10.2. The Labute approximate surface area is 163 Å². The van der Waals surface area contributed by atoms with E-state index in [1.54, 1.807) is 25.3 Å². The fourth-order valence-electron chi connectivity index (χ4n) is 3.38. The van der Waals surface area contributed by atoms with Gasteiger partial charge in [-0.05, 0) is 44.9 Å². The minimum Gasteiger partial charge on any atom is -0.495 e. The maximum absolute atomic E-state index is 12.4. The molecule has 0 atom stereocenters. The fourth-order valence-corrected chi connectivity index (χ4v) is 4.52. The first-order chi connectivity index (χ1) is 12.5. The number of carbonyl (C=O) groups is 1. The van der Waals surface area contributed by atoms with Gasteiger partial charge < -0.3 is 14.6 Å². The molecule has 1 aromatic carbocycles. The standard InChI is InChI=1S/C19H24ClN3O2S/c1-12-13(2)23(15-6-4-5-7-15)19(21-12)26-11-18(24)22-16-10-14(20)8-9-17(16)25-3/h8-10,15H,4-7,11H2,1-3H3,(H,22,24). The quantitative estimate of drug-likeness (QED) is 0.701. The number of aryl methyl sites for hydroxylation is 1. The summed E-state index contributed by atoms with van der Waals surface area (Å²) in [5, 5.41) is 4.36. The highest BCUT2D eigenvalue weighted by Gasteiger charge is 2.23. The molecule has 1 aliphatic rings. The third-order valence-corrected chi connectivity index (χ3v) is 6.00. The van der Waals surface area contributed by atoms with Crippen LogP contribution < -0.4 is 10.1 Å². The number of nitrogens with one attached hydrogen (secondary N) is 1. The predicted octanol–water partition coefficient (Wildman–Crippen LogP) is 5.01. The van der Waals surface area contributed by atoms with E-state index in [0.29, 0.717) is 22.5 Å². The van der Waals surface area contributed by atoms with Gasteiger partial charge in [-0.15, -0.1) is 0 Å². The topological polar surface area (TPSA) is 56.1 Å². The van der Waals surface area contributed by atoms with Crippen LogP contribution in [0.25, 0.3) is 0 Å². The van der Waals surface area contributed by atoms with Crippen molar-refractivity contribution in [3.8, 4) is 5.75 Å². The lowest BCUT2D eigenvalue weighted by Crippen LogP contribution is -2.16. The Hall–Kier alpha value is -1.66. The summed E-state index contributed by atoms with van der Waals surface area (Å²) >= 11 is 7.50. The molecule has 5 nitrogen and oxygen atoms in total. The van der Waals surface area contributed by atoms with Gasteiger partial charge in [0.2, 0.25) is 5.91 Å². The van der Waals surface area contributed by atoms with Crippen molar-refractivity contribution in [1.29, 1.82) is 0 Å². The lowest BCUT2D eigenvalue weighted by Gasteiger charge is -2.17. The maximum Gasteiger partial charge on any atom is 0.234 e. The summed E-state index contributed by atoms with van der Waals surface area (Å²) in [4.78, 5) is 17.1. The number of halogens is 1. The Morgan fingerprint density at radius 3 is 2.81 bits per heavy atom. The molecule has 7 heteroatoms. The first-order valence-corrected chi connectivity index (χ1v) is 10.2. The number of anilines is 1. The number of ether oxygens (including phenoxy) is 1. The van der Waals surface area contributed by atoms with Crippen LogP contribution >= 0.6 is 23.4 Å². The van der Waals surface area contributed by atoms with Gasteiger partial charge in [0, 0.05) is 16.8 Å². The van der Waals surface area contributed by atoms with Crippen LogP contribution in [0.15, 0.2) is 23.4 Å². The van der Waals surface area contributed by atoms with Crippen LogP contribution in [-0.4, -0.2) is 28.3 Å². The van der Waals surface area contributed by atoms with Gasteiger partial charge in [-0.1, -0.05) is 36.2 Å². The van der Waals surface area contributed by atoms with Crippen molar-refractivity contribution in [2.75, 3.05) is 18.2 Å².